The molecule has 0 fully saturated rings. The van der Waals surface area contributed by atoms with Gasteiger partial charge in [0.25, 0.3) is 11.8 Å². The van der Waals surface area contributed by atoms with Crippen molar-refractivity contribution in [3.8, 4) is 5.75 Å². The Bertz CT molecular complexity index is 1070. The Hall–Kier alpha value is -3.38. The molecule has 0 atom stereocenters. The molecule has 0 aliphatic carbocycles. The Morgan fingerprint density at radius 3 is 2.19 bits per heavy atom. The number of amides is 2. The zero-order valence-electron chi connectivity index (χ0n) is 17.3. The van der Waals surface area contributed by atoms with Crippen molar-refractivity contribution in [3.63, 3.8) is 0 Å². The molecule has 3 rings (SSSR count). The van der Waals surface area contributed by atoms with E-state index in [4.69, 9.17) is 4.74 Å². The lowest BCUT2D eigenvalue weighted by Gasteiger charge is -2.12. The maximum atomic E-state index is 13.0. The summed E-state index contributed by atoms with van der Waals surface area (Å²) in [4.78, 5) is 25.7. The molecular weight excluding hydrogens is 456 g/mol. The molecule has 5 nitrogen and oxygen atoms in total. The molecule has 3 aromatic rings. The molecule has 0 unspecified atom stereocenters. The molecule has 0 radical (unpaired) electrons. The van der Waals surface area contributed by atoms with E-state index in [2.05, 4.69) is 26.6 Å². The minimum atomic E-state index is -0.420. The molecule has 2 amide bonds. The van der Waals surface area contributed by atoms with Gasteiger partial charge in [0.1, 0.15) is 11.4 Å². The number of carbonyl (C=O) groups is 2. The van der Waals surface area contributed by atoms with Crippen LogP contribution in [0.15, 0.2) is 83.0 Å². The predicted molar refractivity (Wildman–Crippen MR) is 127 cm³/mol. The molecule has 6 heteroatoms. The molecule has 0 spiro atoms. The summed E-state index contributed by atoms with van der Waals surface area (Å²) >= 11 is 3.37. The Labute approximate surface area is 190 Å². The SMILES string of the molecule is CCOc1ccc(C=C(NC(=O)c2ccc(C)cc2)C(=O)Nc2ccc(Br)cc2)cc1. The molecule has 0 aliphatic rings. The van der Waals surface area contributed by atoms with Crippen molar-refractivity contribution in [2.24, 2.45) is 0 Å². The number of rotatable bonds is 7. The van der Waals surface area contributed by atoms with Gasteiger partial charge < -0.3 is 15.4 Å². The summed E-state index contributed by atoms with van der Waals surface area (Å²) in [5.74, 6) is -0.0379. The third-order valence-electron chi connectivity index (χ3n) is 4.41. The lowest BCUT2D eigenvalue weighted by atomic mass is 10.1. The maximum absolute atomic E-state index is 13.0. The molecular formula is C25H23BrN2O3. The summed E-state index contributed by atoms with van der Waals surface area (Å²) in [6, 6.07) is 21.7. The van der Waals surface area contributed by atoms with Crippen molar-refractivity contribution >= 4 is 39.5 Å². The normalized spacial score (nSPS) is 11.0. The van der Waals surface area contributed by atoms with E-state index in [9.17, 15) is 9.59 Å². The molecule has 0 saturated heterocycles. The van der Waals surface area contributed by atoms with Crippen LogP contribution in [0.5, 0.6) is 5.75 Å². The minimum Gasteiger partial charge on any atom is -0.494 e. The lowest BCUT2D eigenvalue weighted by Crippen LogP contribution is -2.30. The molecule has 3 aromatic carbocycles. The molecule has 0 aromatic heterocycles. The molecule has 0 bridgehead atoms. The first-order valence-corrected chi connectivity index (χ1v) is 10.6. The van der Waals surface area contributed by atoms with Crippen LogP contribution in [0.2, 0.25) is 0 Å². The molecule has 0 heterocycles. The van der Waals surface area contributed by atoms with Gasteiger partial charge in [-0.15, -0.1) is 0 Å². The number of benzene rings is 3. The second kappa shape index (κ2) is 10.6. The Morgan fingerprint density at radius 2 is 1.58 bits per heavy atom. The summed E-state index contributed by atoms with van der Waals surface area (Å²) in [6.45, 7) is 4.44. The van der Waals surface area contributed by atoms with Crippen LogP contribution < -0.4 is 15.4 Å². The summed E-state index contributed by atoms with van der Waals surface area (Å²) in [7, 11) is 0. The fourth-order valence-electron chi connectivity index (χ4n) is 2.78. The van der Waals surface area contributed by atoms with Crippen molar-refractivity contribution in [2.75, 3.05) is 11.9 Å². The van der Waals surface area contributed by atoms with Crippen LogP contribution in [0.4, 0.5) is 5.69 Å². The van der Waals surface area contributed by atoms with Crippen molar-refractivity contribution < 1.29 is 14.3 Å². The smallest absolute Gasteiger partial charge is 0.272 e. The topological polar surface area (TPSA) is 67.4 Å². The highest BCUT2D eigenvalue weighted by atomic mass is 79.9. The van der Waals surface area contributed by atoms with Gasteiger partial charge in [-0.05, 0) is 74.0 Å². The van der Waals surface area contributed by atoms with E-state index in [0.29, 0.717) is 17.9 Å². The van der Waals surface area contributed by atoms with Crippen molar-refractivity contribution in [3.05, 3.63) is 99.7 Å². The minimum absolute atomic E-state index is 0.137. The predicted octanol–water partition coefficient (Wildman–Crippen LogP) is 5.57. The van der Waals surface area contributed by atoms with Gasteiger partial charge in [0, 0.05) is 15.7 Å². The van der Waals surface area contributed by atoms with E-state index >= 15 is 0 Å². The number of hydrogen-bond donors (Lipinski definition) is 2. The fraction of sp³-hybridized carbons (Fsp3) is 0.120. The average Bonchev–Trinajstić information content (AvgIpc) is 2.76. The number of anilines is 1. The molecule has 31 heavy (non-hydrogen) atoms. The Morgan fingerprint density at radius 1 is 0.935 bits per heavy atom. The second-order valence-corrected chi connectivity index (χ2v) is 7.76. The molecule has 158 valence electrons. The largest absolute Gasteiger partial charge is 0.494 e. The van der Waals surface area contributed by atoms with Crippen LogP contribution in [0.1, 0.15) is 28.4 Å². The zero-order chi connectivity index (χ0) is 22.2. The quantitative estimate of drug-likeness (QED) is 0.436. The summed E-state index contributed by atoms with van der Waals surface area (Å²) in [5.41, 5.74) is 3.04. The zero-order valence-corrected chi connectivity index (χ0v) is 18.9. The van der Waals surface area contributed by atoms with Gasteiger partial charge in [0.2, 0.25) is 0 Å². The van der Waals surface area contributed by atoms with Crippen LogP contribution >= 0.6 is 15.9 Å². The van der Waals surface area contributed by atoms with Crippen LogP contribution in [-0.4, -0.2) is 18.4 Å². The van der Waals surface area contributed by atoms with Crippen LogP contribution in [-0.2, 0) is 4.79 Å². The van der Waals surface area contributed by atoms with Crippen LogP contribution in [0, 0.1) is 6.92 Å². The highest BCUT2D eigenvalue weighted by Crippen LogP contribution is 2.17. The highest BCUT2D eigenvalue weighted by molar-refractivity contribution is 9.10. The lowest BCUT2D eigenvalue weighted by molar-refractivity contribution is -0.113. The van der Waals surface area contributed by atoms with Crippen molar-refractivity contribution in [1.82, 2.24) is 5.32 Å². The van der Waals surface area contributed by atoms with Gasteiger partial charge in [-0.1, -0.05) is 45.8 Å². The third-order valence-corrected chi connectivity index (χ3v) is 4.94. The van der Waals surface area contributed by atoms with Gasteiger partial charge in [0.05, 0.1) is 6.61 Å². The Balaban J connectivity index is 1.86. The molecule has 2 N–H and O–H groups in total. The van der Waals surface area contributed by atoms with E-state index < -0.39 is 5.91 Å². The average molecular weight is 479 g/mol. The molecule has 0 aliphatic heterocycles. The highest BCUT2D eigenvalue weighted by Gasteiger charge is 2.15. The number of aryl methyl sites for hydroxylation is 1. The first kappa shape index (κ1) is 22.3. The number of nitrogens with one attached hydrogen (secondary N) is 2. The van der Waals surface area contributed by atoms with Gasteiger partial charge in [-0.2, -0.15) is 0 Å². The van der Waals surface area contributed by atoms with E-state index in [-0.39, 0.29) is 11.6 Å². The third kappa shape index (κ3) is 6.55. The van der Waals surface area contributed by atoms with Gasteiger partial charge in [-0.25, -0.2) is 0 Å². The summed E-state index contributed by atoms with van der Waals surface area (Å²) in [5, 5.41) is 5.56. The first-order chi connectivity index (χ1) is 14.9. The van der Waals surface area contributed by atoms with Crippen molar-refractivity contribution in [1.29, 1.82) is 0 Å². The maximum Gasteiger partial charge on any atom is 0.272 e. The molecule has 0 saturated carbocycles. The Kier molecular flexibility index (Phi) is 7.62. The summed E-state index contributed by atoms with van der Waals surface area (Å²) in [6.07, 6.45) is 1.63. The number of carbonyl (C=O) groups excluding carboxylic acids is 2. The van der Waals surface area contributed by atoms with Gasteiger partial charge in [0.15, 0.2) is 0 Å². The summed E-state index contributed by atoms with van der Waals surface area (Å²) < 4.78 is 6.37. The first-order valence-electron chi connectivity index (χ1n) is 9.84. The standard InChI is InChI=1S/C25H23BrN2O3/c1-3-31-22-14-6-18(7-15-22)16-23(25(30)27-21-12-10-20(26)11-13-21)28-24(29)19-8-4-17(2)5-9-19/h4-16H,3H2,1-2H3,(H,27,30)(H,28,29). The van der Waals surface area contributed by atoms with Crippen LogP contribution in [0.3, 0.4) is 0 Å². The van der Waals surface area contributed by atoms with Crippen LogP contribution in [0.25, 0.3) is 6.08 Å². The van der Waals surface area contributed by atoms with E-state index in [0.717, 1.165) is 21.3 Å². The second-order valence-electron chi connectivity index (χ2n) is 6.84. The van der Waals surface area contributed by atoms with E-state index in [1.165, 1.54) is 0 Å². The van der Waals surface area contributed by atoms with E-state index in [1.54, 1.807) is 30.3 Å². The van der Waals surface area contributed by atoms with Gasteiger partial charge in [-0.3, -0.25) is 9.59 Å². The van der Waals surface area contributed by atoms with Crippen molar-refractivity contribution in [2.45, 2.75) is 13.8 Å². The van der Waals surface area contributed by atoms with E-state index in [1.807, 2.05) is 62.4 Å². The van der Waals surface area contributed by atoms with Gasteiger partial charge >= 0.3 is 0 Å². The number of halogens is 1. The number of ether oxygens (including phenoxy) is 1. The fourth-order valence-corrected chi connectivity index (χ4v) is 3.05. The number of hydrogen-bond acceptors (Lipinski definition) is 3. The monoisotopic (exact) mass is 478 g/mol.